The molecule has 1 heterocycles. The number of carbonyl (C=O) groups excluding carboxylic acids is 1. The summed E-state index contributed by atoms with van der Waals surface area (Å²) in [5.41, 5.74) is 0.547. The van der Waals surface area contributed by atoms with Crippen LogP contribution in [0.5, 0.6) is 11.5 Å². The molecule has 0 aromatic heterocycles. The molecular formula is C18H20NO7P. The Hall–Kier alpha value is -2.22. The Morgan fingerprint density at radius 2 is 1.85 bits per heavy atom. The fourth-order valence-electron chi connectivity index (χ4n) is 3.32. The first-order valence-electron chi connectivity index (χ1n) is 8.15. The van der Waals surface area contributed by atoms with Crippen LogP contribution in [0.3, 0.4) is 0 Å². The highest BCUT2D eigenvalue weighted by Gasteiger charge is 2.54. The summed E-state index contributed by atoms with van der Waals surface area (Å²) in [7, 11) is -1.92. The molecule has 0 spiro atoms. The minimum Gasteiger partial charge on any atom is -0.507 e. The van der Waals surface area contributed by atoms with E-state index in [0.717, 1.165) is 5.06 Å². The molecule has 3 rings (SSSR count). The molecule has 0 saturated carbocycles. The number of rotatable bonds is 5. The van der Waals surface area contributed by atoms with Gasteiger partial charge in [-0.25, -0.2) is 0 Å². The number of phenolic OH excluding ortho intramolecular Hbond substituents is 1. The summed E-state index contributed by atoms with van der Waals surface area (Å²) in [6.45, 7) is 0. The summed E-state index contributed by atoms with van der Waals surface area (Å²) in [4.78, 5) is 38.5. The van der Waals surface area contributed by atoms with Crippen molar-refractivity contribution in [2.75, 3.05) is 14.2 Å². The predicted molar refractivity (Wildman–Crippen MR) is 96.3 cm³/mol. The van der Waals surface area contributed by atoms with Crippen LogP contribution in [0.1, 0.15) is 22.0 Å². The van der Waals surface area contributed by atoms with E-state index in [1.54, 1.807) is 30.3 Å². The van der Waals surface area contributed by atoms with Gasteiger partial charge in [-0.3, -0.25) is 14.2 Å². The highest BCUT2D eigenvalue weighted by molar-refractivity contribution is 7.52. The lowest BCUT2D eigenvalue weighted by atomic mass is 9.88. The Kier molecular flexibility index (Phi) is 5.37. The smallest absolute Gasteiger partial charge is 0.345 e. The minimum atomic E-state index is -4.71. The van der Waals surface area contributed by atoms with Crippen LogP contribution in [0, 0.1) is 5.92 Å². The normalized spacial score (nSPS) is 23.3. The number of phenols is 1. The van der Waals surface area contributed by atoms with Crippen LogP contribution in [0.15, 0.2) is 48.5 Å². The molecule has 3 atom stereocenters. The fraction of sp³-hybridized carbons (Fsp3) is 0.278. The maximum Gasteiger partial charge on any atom is 0.345 e. The summed E-state index contributed by atoms with van der Waals surface area (Å²) < 4.78 is 17.1. The zero-order valence-corrected chi connectivity index (χ0v) is 15.6. The lowest BCUT2D eigenvalue weighted by Gasteiger charge is -2.23. The SMILES string of the molecule is COc1ccc(C(=O)[C@@H]2[C@@H](P(=O)(O)O)N(C)O[C@H]2c2ccccc2)c(O)c1. The molecule has 9 heteroatoms. The van der Waals surface area contributed by atoms with Crippen LogP contribution in [0.25, 0.3) is 0 Å². The number of hydrogen-bond donors (Lipinski definition) is 3. The first kappa shape index (κ1) is 19.5. The van der Waals surface area contributed by atoms with Crippen molar-refractivity contribution in [3.8, 4) is 11.5 Å². The van der Waals surface area contributed by atoms with E-state index in [-0.39, 0.29) is 11.3 Å². The largest absolute Gasteiger partial charge is 0.507 e. The quantitative estimate of drug-likeness (QED) is 0.524. The zero-order valence-electron chi connectivity index (χ0n) is 14.7. The van der Waals surface area contributed by atoms with Crippen molar-refractivity contribution in [1.29, 1.82) is 0 Å². The van der Waals surface area contributed by atoms with Crippen molar-refractivity contribution in [1.82, 2.24) is 5.06 Å². The summed E-state index contributed by atoms with van der Waals surface area (Å²) in [6, 6.07) is 12.9. The summed E-state index contributed by atoms with van der Waals surface area (Å²) in [6.07, 6.45) is -0.900. The van der Waals surface area contributed by atoms with E-state index >= 15 is 0 Å². The van der Waals surface area contributed by atoms with E-state index < -0.39 is 31.2 Å². The van der Waals surface area contributed by atoms with Crippen LogP contribution < -0.4 is 4.74 Å². The number of benzene rings is 2. The summed E-state index contributed by atoms with van der Waals surface area (Å²) in [5, 5.41) is 11.2. The van der Waals surface area contributed by atoms with Gasteiger partial charge in [0.25, 0.3) is 0 Å². The molecule has 1 saturated heterocycles. The van der Waals surface area contributed by atoms with Crippen LogP contribution in [-0.4, -0.2) is 45.7 Å². The Balaban J connectivity index is 2.08. The van der Waals surface area contributed by atoms with Crippen LogP contribution in [-0.2, 0) is 9.40 Å². The number of ether oxygens (including phenoxy) is 1. The average molecular weight is 393 g/mol. The van der Waals surface area contributed by atoms with Gasteiger partial charge in [-0.05, 0) is 17.7 Å². The Morgan fingerprint density at radius 3 is 2.41 bits per heavy atom. The topological polar surface area (TPSA) is 117 Å². The van der Waals surface area contributed by atoms with Crippen molar-refractivity contribution in [3.05, 3.63) is 59.7 Å². The van der Waals surface area contributed by atoms with Crippen molar-refractivity contribution in [2.24, 2.45) is 5.92 Å². The number of hydrogen-bond acceptors (Lipinski definition) is 6. The summed E-state index contributed by atoms with van der Waals surface area (Å²) in [5.74, 6) is -3.28. The van der Waals surface area contributed by atoms with E-state index in [9.17, 15) is 24.3 Å². The standard InChI is InChI=1S/C18H20NO7P/c1-19-18(27(22,23)24)15(17(26-19)11-6-4-3-5-7-11)16(21)13-9-8-12(25-2)10-14(13)20/h3-10,15,17-18,20H,1-2H3,(H2,22,23,24)/t15-,17-,18+/m0/s1. The first-order chi connectivity index (χ1) is 12.7. The second-order valence-corrected chi connectivity index (χ2v) is 7.97. The van der Waals surface area contributed by atoms with Crippen molar-refractivity contribution in [2.45, 2.75) is 11.9 Å². The third-order valence-corrected chi connectivity index (χ3v) is 5.88. The van der Waals surface area contributed by atoms with Gasteiger partial charge in [0.15, 0.2) is 5.78 Å². The van der Waals surface area contributed by atoms with Gasteiger partial charge in [0.2, 0.25) is 0 Å². The highest BCUT2D eigenvalue weighted by Crippen LogP contribution is 2.55. The predicted octanol–water partition coefficient (Wildman–Crippen LogP) is 2.32. The number of ketones is 1. The molecular weight excluding hydrogens is 373 g/mol. The van der Waals surface area contributed by atoms with Crippen LogP contribution in [0.2, 0.25) is 0 Å². The lowest BCUT2D eigenvalue weighted by Crippen LogP contribution is -2.33. The molecule has 3 N–H and O–H groups in total. The molecule has 8 nitrogen and oxygen atoms in total. The number of nitrogens with zero attached hydrogens (tertiary/aromatic N) is 1. The number of Topliss-reactive ketones (excluding diaryl/α,β-unsaturated/α-hetero) is 1. The minimum absolute atomic E-state index is 0.0564. The van der Waals surface area contributed by atoms with E-state index in [1.165, 1.54) is 32.4 Å². The Labute approximate surface area is 156 Å². The van der Waals surface area contributed by atoms with Crippen molar-refractivity contribution in [3.63, 3.8) is 0 Å². The number of aromatic hydroxyl groups is 1. The number of hydroxylamine groups is 2. The van der Waals surface area contributed by atoms with E-state index in [0.29, 0.717) is 11.3 Å². The van der Waals surface area contributed by atoms with Gasteiger partial charge in [-0.1, -0.05) is 30.3 Å². The molecule has 2 aromatic rings. The van der Waals surface area contributed by atoms with Gasteiger partial charge < -0.3 is 19.6 Å². The first-order valence-corrected chi connectivity index (χ1v) is 9.83. The second-order valence-electron chi connectivity index (χ2n) is 6.26. The molecule has 1 aliphatic rings. The molecule has 27 heavy (non-hydrogen) atoms. The third-order valence-electron chi connectivity index (χ3n) is 4.55. The van der Waals surface area contributed by atoms with Crippen LogP contribution >= 0.6 is 7.60 Å². The van der Waals surface area contributed by atoms with Gasteiger partial charge in [0, 0.05) is 13.1 Å². The molecule has 0 bridgehead atoms. The van der Waals surface area contributed by atoms with Gasteiger partial charge in [-0.2, -0.15) is 5.06 Å². The van der Waals surface area contributed by atoms with Crippen molar-refractivity contribution < 1.29 is 33.8 Å². The fourth-order valence-corrected chi connectivity index (χ4v) is 4.51. The summed E-state index contributed by atoms with van der Waals surface area (Å²) >= 11 is 0. The van der Waals surface area contributed by atoms with Gasteiger partial charge in [-0.15, -0.1) is 0 Å². The second kappa shape index (κ2) is 7.42. The molecule has 0 amide bonds. The van der Waals surface area contributed by atoms with Crippen molar-refractivity contribution >= 4 is 13.4 Å². The molecule has 1 fully saturated rings. The molecule has 144 valence electrons. The number of carbonyl (C=O) groups is 1. The van der Waals surface area contributed by atoms with Crippen LogP contribution in [0.4, 0.5) is 0 Å². The monoisotopic (exact) mass is 393 g/mol. The average Bonchev–Trinajstić information content (AvgIpc) is 2.99. The maximum absolute atomic E-state index is 13.2. The maximum atomic E-state index is 13.2. The molecule has 0 unspecified atom stereocenters. The van der Waals surface area contributed by atoms with E-state index in [2.05, 4.69) is 0 Å². The Bertz CT molecular complexity index is 883. The lowest BCUT2D eigenvalue weighted by molar-refractivity contribution is -0.137. The molecule has 0 aliphatic carbocycles. The Morgan fingerprint density at radius 1 is 1.19 bits per heavy atom. The third kappa shape index (κ3) is 3.76. The van der Waals surface area contributed by atoms with E-state index in [1.807, 2.05) is 0 Å². The highest BCUT2D eigenvalue weighted by atomic mass is 31.2. The van der Waals surface area contributed by atoms with E-state index in [4.69, 9.17) is 9.57 Å². The van der Waals surface area contributed by atoms with Gasteiger partial charge >= 0.3 is 7.60 Å². The van der Waals surface area contributed by atoms with Gasteiger partial charge in [0.05, 0.1) is 18.6 Å². The zero-order chi connectivity index (χ0) is 19.8. The molecule has 2 aromatic carbocycles. The molecule has 1 aliphatic heterocycles. The molecule has 0 radical (unpaired) electrons. The van der Waals surface area contributed by atoms with Gasteiger partial charge in [0.1, 0.15) is 23.4 Å². The number of methoxy groups -OCH3 is 1.